The van der Waals surface area contributed by atoms with E-state index < -0.39 is 0 Å². The Bertz CT molecular complexity index is 804. The maximum atomic E-state index is 12.7. The van der Waals surface area contributed by atoms with Crippen molar-refractivity contribution in [1.29, 1.82) is 0 Å². The molecule has 2 heterocycles. The molecule has 0 unspecified atom stereocenters. The van der Waals surface area contributed by atoms with Gasteiger partial charge in [-0.1, -0.05) is 12.1 Å². The van der Waals surface area contributed by atoms with Crippen LogP contribution >= 0.6 is 0 Å². The van der Waals surface area contributed by atoms with E-state index in [1.807, 2.05) is 31.2 Å². The van der Waals surface area contributed by atoms with Gasteiger partial charge in [0.25, 0.3) is 5.91 Å². The summed E-state index contributed by atoms with van der Waals surface area (Å²) in [6.45, 7) is 5.04. The first kappa shape index (κ1) is 17.0. The molecule has 1 aromatic heterocycles. The second kappa shape index (κ2) is 7.34. The quantitative estimate of drug-likeness (QED) is 0.932. The lowest BCUT2D eigenvalue weighted by Gasteiger charge is -2.28. The second-order valence-corrected chi connectivity index (χ2v) is 6.02. The minimum atomic E-state index is -0.331. The molecule has 0 fully saturated rings. The summed E-state index contributed by atoms with van der Waals surface area (Å²) in [4.78, 5) is 30.4. The molecule has 0 aliphatic carbocycles. The van der Waals surface area contributed by atoms with Crippen LogP contribution in [0.3, 0.4) is 0 Å². The van der Waals surface area contributed by atoms with Crippen LogP contribution in [0.25, 0.3) is 0 Å². The number of ether oxygens (including phenoxy) is 1. The number of nitrogens with zero attached hydrogens (tertiary/aromatic N) is 2. The Kier molecular flexibility index (Phi) is 4.97. The van der Waals surface area contributed by atoms with Gasteiger partial charge in [-0.3, -0.25) is 9.78 Å². The molecule has 2 amide bonds. The van der Waals surface area contributed by atoms with Crippen LogP contribution in [-0.2, 0) is 17.7 Å². The molecule has 3 rings (SSSR count). The summed E-state index contributed by atoms with van der Waals surface area (Å²) >= 11 is 0. The summed E-state index contributed by atoms with van der Waals surface area (Å²) in [5.74, 6) is -0.181. The van der Waals surface area contributed by atoms with Gasteiger partial charge in [-0.25, -0.2) is 4.79 Å². The van der Waals surface area contributed by atoms with Crippen molar-refractivity contribution in [1.82, 2.24) is 9.88 Å². The number of nitrogens with one attached hydrogen (secondary N) is 1. The summed E-state index contributed by atoms with van der Waals surface area (Å²) < 4.78 is 5.05. The maximum Gasteiger partial charge on any atom is 0.410 e. The first-order valence-corrected chi connectivity index (χ1v) is 8.34. The lowest BCUT2D eigenvalue weighted by atomic mass is 9.97. The SMILES string of the molecule is CCOC(=O)N1CCc2c(cncc2C(=O)Nc2cccc(C)c2)C1. The highest BCUT2D eigenvalue weighted by molar-refractivity contribution is 6.05. The van der Waals surface area contributed by atoms with E-state index in [1.165, 1.54) is 0 Å². The fourth-order valence-corrected chi connectivity index (χ4v) is 2.98. The monoisotopic (exact) mass is 339 g/mol. The van der Waals surface area contributed by atoms with Gasteiger partial charge in [0.1, 0.15) is 0 Å². The van der Waals surface area contributed by atoms with Gasteiger partial charge in [0.05, 0.1) is 18.7 Å². The Balaban J connectivity index is 1.79. The van der Waals surface area contributed by atoms with Crippen molar-refractivity contribution in [2.24, 2.45) is 0 Å². The van der Waals surface area contributed by atoms with Crippen molar-refractivity contribution in [2.75, 3.05) is 18.5 Å². The van der Waals surface area contributed by atoms with Crippen LogP contribution in [0.5, 0.6) is 0 Å². The van der Waals surface area contributed by atoms with Gasteiger partial charge in [-0.2, -0.15) is 0 Å². The molecule has 0 saturated carbocycles. The Hall–Kier alpha value is -2.89. The van der Waals surface area contributed by atoms with Crippen LogP contribution in [0, 0.1) is 6.92 Å². The van der Waals surface area contributed by atoms with Crippen molar-refractivity contribution < 1.29 is 14.3 Å². The van der Waals surface area contributed by atoms with Crippen LogP contribution in [0.4, 0.5) is 10.5 Å². The fourth-order valence-electron chi connectivity index (χ4n) is 2.98. The van der Waals surface area contributed by atoms with E-state index in [2.05, 4.69) is 10.3 Å². The lowest BCUT2D eigenvalue weighted by molar-refractivity contribution is 0.101. The predicted octanol–water partition coefficient (Wildman–Crippen LogP) is 3.16. The lowest BCUT2D eigenvalue weighted by Crippen LogP contribution is -2.37. The van der Waals surface area contributed by atoms with E-state index in [-0.39, 0.29) is 12.0 Å². The molecule has 6 nitrogen and oxygen atoms in total. The molecule has 0 radical (unpaired) electrons. The standard InChI is InChI=1S/C19H21N3O3/c1-3-25-19(24)22-8-7-16-14(12-22)10-20-11-17(16)18(23)21-15-6-4-5-13(2)9-15/h4-6,9-11H,3,7-8,12H2,1-2H3,(H,21,23). The molecule has 2 aromatic rings. The summed E-state index contributed by atoms with van der Waals surface area (Å²) in [7, 11) is 0. The third-order valence-corrected chi connectivity index (χ3v) is 4.19. The van der Waals surface area contributed by atoms with Gasteiger partial charge in [0.2, 0.25) is 0 Å². The zero-order chi connectivity index (χ0) is 17.8. The van der Waals surface area contributed by atoms with Crippen LogP contribution in [-0.4, -0.2) is 35.0 Å². The number of pyridine rings is 1. The Morgan fingerprint density at radius 2 is 2.16 bits per heavy atom. The van der Waals surface area contributed by atoms with E-state index in [9.17, 15) is 9.59 Å². The molecule has 0 atom stereocenters. The van der Waals surface area contributed by atoms with Crippen molar-refractivity contribution in [3.63, 3.8) is 0 Å². The van der Waals surface area contributed by atoms with E-state index in [0.717, 1.165) is 22.4 Å². The normalized spacial score (nSPS) is 13.1. The number of anilines is 1. The van der Waals surface area contributed by atoms with Crippen LogP contribution < -0.4 is 5.32 Å². The molecule has 1 aliphatic rings. The van der Waals surface area contributed by atoms with Gasteiger partial charge >= 0.3 is 6.09 Å². The van der Waals surface area contributed by atoms with Gasteiger partial charge in [-0.05, 0) is 49.1 Å². The largest absolute Gasteiger partial charge is 0.450 e. The predicted molar refractivity (Wildman–Crippen MR) is 94.5 cm³/mol. The molecule has 0 bridgehead atoms. The smallest absolute Gasteiger partial charge is 0.410 e. The number of aromatic nitrogens is 1. The van der Waals surface area contributed by atoms with Gasteiger partial charge in [-0.15, -0.1) is 0 Å². The van der Waals surface area contributed by atoms with Crippen molar-refractivity contribution in [3.8, 4) is 0 Å². The first-order chi connectivity index (χ1) is 12.1. The molecular formula is C19H21N3O3. The fraction of sp³-hybridized carbons (Fsp3) is 0.316. The highest BCUT2D eigenvalue weighted by Crippen LogP contribution is 2.23. The number of hydrogen-bond donors (Lipinski definition) is 1. The van der Waals surface area contributed by atoms with Crippen molar-refractivity contribution >= 4 is 17.7 Å². The molecule has 25 heavy (non-hydrogen) atoms. The summed E-state index contributed by atoms with van der Waals surface area (Å²) in [5.41, 5.74) is 4.22. The maximum absolute atomic E-state index is 12.7. The Labute approximate surface area is 146 Å². The summed E-state index contributed by atoms with van der Waals surface area (Å²) in [5, 5.41) is 2.92. The average molecular weight is 339 g/mol. The Morgan fingerprint density at radius 1 is 1.32 bits per heavy atom. The highest BCUT2D eigenvalue weighted by atomic mass is 16.6. The molecule has 0 saturated heterocycles. The number of carbonyl (C=O) groups excluding carboxylic acids is 2. The number of benzene rings is 1. The molecule has 1 N–H and O–H groups in total. The number of hydrogen-bond acceptors (Lipinski definition) is 4. The van der Waals surface area contributed by atoms with E-state index in [0.29, 0.717) is 31.7 Å². The van der Waals surface area contributed by atoms with Crippen molar-refractivity contribution in [3.05, 3.63) is 58.9 Å². The topological polar surface area (TPSA) is 71.5 Å². The van der Waals surface area contributed by atoms with Crippen LogP contribution in [0.1, 0.15) is 34.0 Å². The Morgan fingerprint density at radius 3 is 2.92 bits per heavy atom. The molecule has 130 valence electrons. The zero-order valence-electron chi connectivity index (χ0n) is 14.4. The van der Waals surface area contributed by atoms with Crippen LogP contribution in [0.15, 0.2) is 36.7 Å². The van der Waals surface area contributed by atoms with E-state index in [1.54, 1.807) is 24.2 Å². The number of fused-ring (bicyclic) bond motifs is 1. The molecule has 6 heteroatoms. The van der Waals surface area contributed by atoms with Gasteiger partial charge in [0, 0.05) is 24.6 Å². The van der Waals surface area contributed by atoms with Crippen molar-refractivity contribution in [2.45, 2.75) is 26.8 Å². The number of aryl methyl sites for hydroxylation is 1. The molecular weight excluding hydrogens is 318 g/mol. The van der Waals surface area contributed by atoms with Gasteiger partial charge in [0.15, 0.2) is 0 Å². The average Bonchev–Trinajstić information content (AvgIpc) is 2.61. The first-order valence-electron chi connectivity index (χ1n) is 8.34. The minimum Gasteiger partial charge on any atom is -0.450 e. The molecule has 1 aromatic carbocycles. The van der Waals surface area contributed by atoms with E-state index in [4.69, 9.17) is 4.74 Å². The summed E-state index contributed by atoms with van der Waals surface area (Å²) in [6, 6.07) is 7.66. The number of amides is 2. The highest BCUT2D eigenvalue weighted by Gasteiger charge is 2.25. The number of rotatable bonds is 3. The third-order valence-electron chi connectivity index (χ3n) is 4.19. The molecule has 1 aliphatic heterocycles. The number of carbonyl (C=O) groups is 2. The van der Waals surface area contributed by atoms with E-state index >= 15 is 0 Å². The molecule has 0 spiro atoms. The third kappa shape index (κ3) is 3.79. The minimum absolute atomic E-state index is 0.181. The van der Waals surface area contributed by atoms with Crippen LogP contribution in [0.2, 0.25) is 0 Å². The second-order valence-electron chi connectivity index (χ2n) is 6.02. The zero-order valence-corrected chi connectivity index (χ0v) is 14.4. The van der Waals surface area contributed by atoms with Gasteiger partial charge < -0.3 is 15.0 Å². The summed E-state index contributed by atoms with van der Waals surface area (Å²) in [6.07, 6.45) is 3.57.